The Kier molecular flexibility index (Phi) is 3.76. The van der Waals surface area contributed by atoms with Crippen molar-refractivity contribution in [1.29, 1.82) is 0 Å². The number of hydrogen-bond donors (Lipinski definition) is 2. The number of hydrogen-bond acceptors (Lipinski definition) is 2. The van der Waals surface area contributed by atoms with E-state index in [4.69, 9.17) is 0 Å². The van der Waals surface area contributed by atoms with Crippen LogP contribution in [-0.2, 0) is 0 Å². The molecule has 0 spiro atoms. The van der Waals surface area contributed by atoms with E-state index in [-0.39, 0.29) is 6.04 Å². The van der Waals surface area contributed by atoms with Gasteiger partial charge < -0.3 is 10.6 Å². The van der Waals surface area contributed by atoms with Crippen molar-refractivity contribution in [3.63, 3.8) is 0 Å². The van der Waals surface area contributed by atoms with Crippen molar-refractivity contribution >= 4 is 0 Å². The van der Waals surface area contributed by atoms with Crippen molar-refractivity contribution in [2.24, 2.45) is 5.92 Å². The van der Waals surface area contributed by atoms with E-state index in [0.717, 1.165) is 38.9 Å². The highest BCUT2D eigenvalue weighted by molar-refractivity contribution is 4.86. The van der Waals surface area contributed by atoms with Crippen LogP contribution in [0, 0.1) is 5.92 Å². The van der Waals surface area contributed by atoms with Gasteiger partial charge in [0, 0.05) is 6.04 Å². The van der Waals surface area contributed by atoms with E-state index in [1.54, 1.807) is 0 Å². The molecular formula is C11H21FN2. The van der Waals surface area contributed by atoms with Crippen molar-refractivity contribution in [2.75, 3.05) is 19.6 Å². The molecule has 0 radical (unpaired) electrons. The van der Waals surface area contributed by atoms with Crippen molar-refractivity contribution < 1.29 is 4.39 Å². The van der Waals surface area contributed by atoms with Gasteiger partial charge in [0.15, 0.2) is 0 Å². The smallest absolute Gasteiger partial charge is 0.118 e. The first-order chi connectivity index (χ1) is 6.88. The number of alkyl halides is 1. The van der Waals surface area contributed by atoms with Crippen molar-refractivity contribution in [3.05, 3.63) is 0 Å². The molecule has 0 amide bonds. The van der Waals surface area contributed by atoms with Gasteiger partial charge >= 0.3 is 0 Å². The fraction of sp³-hybridized carbons (Fsp3) is 1.00. The van der Waals surface area contributed by atoms with Gasteiger partial charge in [0.05, 0.1) is 0 Å². The number of halogens is 1. The first-order valence-corrected chi connectivity index (χ1v) is 5.96. The minimum absolute atomic E-state index is 0.145. The average molecular weight is 200 g/mol. The second kappa shape index (κ2) is 5.08. The van der Waals surface area contributed by atoms with Crippen LogP contribution in [0.4, 0.5) is 4.39 Å². The molecule has 0 aromatic carbocycles. The lowest BCUT2D eigenvalue weighted by Crippen LogP contribution is -2.46. The Labute approximate surface area is 85.6 Å². The molecule has 2 fully saturated rings. The lowest BCUT2D eigenvalue weighted by atomic mass is 9.86. The monoisotopic (exact) mass is 200 g/mol. The van der Waals surface area contributed by atoms with Gasteiger partial charge in [0.2, 0.25) is 0 Å². The normalized spacial score (nSPS) is 32.8. The van der Waals surface area contributed by atoms with Crippen LogP contribution in [0.25, 0.3) is 0 Å². The summed E-state index contributed by atoms with van der Waals surface area (Å²) in [5.74, 6) is 0.298. The molecule has 2 saturated heterocycles. The van der Waals surface area contributed by atoms with Crippen molar-refractivity contribution in [1.82, 2.24) is 10.6 Å². The van der Waals surface area contributed by atoms with Crippen LogP contribution in [0.1, 0.15) is 32.1 Å². The van der Waals surface area contributed by atoms with E-state index in [1.165, 1.54) is 12.8 Å². The minimum atomic E-state index is -0.614. The zero-order chi connectivity index (χ0) is 9.80. The third kappa shape index (κ3) is 2.45. The molecule has 2 atom stereocenters. The fourth-order valence-corrected chi connectivity index (χ4v) is 2.64. The summed E-state index contributed by atoms with van der Waals surface area (Å²) in [5, 5.41) is 6.61. The molecule has 2 unspecified atom stereocenters. The fourth-order valence-electron chi connectivity index (χ4n) is 2.64. The van der Waals surface area contributed by atoms with Crippen molar-refractivity contribution in [2.45, 2.75) is 44.3 Å². The molecule has 0 aromatic rings. The SMILES string of the molecule is FC(C1CCNCC1)C1CCCCN1. The molecule has 0 saturated carbocycles. The van der Waals surface area contributed by atoms with Gasteiger partial charge in [-0.2, -0.15) is 0 Å². The summed E-state index contributed by atoms with van der Waals surface area (Å²) in [6, 6.07) is 0.145. The number of piperidine rings is 2. The van der Waals surface area contributed by atoms with Gasteiger partial charge in [-0.15, -0.1) is 0 Å². The Balaban J connectivity index is 1.82. The standard InChI is InChI=1S/C11H21FN2/c12-11(9-4-7-13-8-5-9)10-3-1-2-6-14-10/h9-11,13-14H,1-8H2. The van der Waals surface area contributed by atoms with Crippen LogP contribution in [0.3, 0.4) is 0 Å². The molecule has 2 N–H and O–H groups in total. The summed E-state index contributed by atoms with van der Waals surface area (Å²) in [6.07, 6.45) is 4.86. The van der Waals surface area contributed by atoms with Crippen LogP contribution in [-0.4, -0.2) is 31.8 Å². The first-order valence-electron chi connectivity index (χ1n) is 5.96. The molecule has 3 heteroatoms. The Morgan fingerprint density at radius 1 is 1.00 bits per heavy atom. The Hall–Kier alpha value is -0.150. The quantitative estimate of drug-likeness (QED) is 0.705. The third-order valence-corrected chi connectivity index (χ3v) is 3.57. The van der Waals surface area contributed by atoms with E-state index < -0.39 is 6.17 Å². The van der Waals surface area contributed by atoms with E-state index in [2.05, 4.69) is 10.6 Å². The molecule has 2 nitrogen and oxygen atoms in total. The molecule has 0 aliphatic carbocycles. The second-order valence-corrected chi connectivity index (χ2v) is 4.59. The highest BCUT2D eigenvalue weighted by Crippen LogP contribution is 2.25. The molecule has 2 aliphatic heterocycles. The molecule has 0 bridgehead atoms. The van der Waals surface area contributed by atoms with Gasteiger partial charge in [0.1, 0.15) is 6.17 Å². The van der Waals surface area contributed by atoms with Crippen LogP contribution < -0.4 is 10.6 Å². The zero-order valence-corrected chi connectivity index (χ0v) is 8.77. The summed E-state index contributed by atoms with van der Waals surface area (Å²) in [5.41, 5.74) is 0. The molecule has 2 aliphatic rings. The first kappa shape index (κ1) is 10.4. The summed E-state index contributed by atoms with van der Waals surface area (Å²) < 4.78 is 14.1. The minimum Gasteiger partial charge on any atom is -0.317 e. The lowest BCUT2D eigenvalue weighted by Gasteiger charge is -2.33. The maximum Gasteiger partial charge on any atom is 0.118 e. The predicted molar refractivity (Wildman–Crippen MR) is 56.1 cm³/mol. The topological polar surface area (TPSA) is 24.1 Å². The molecule has 2 rings (SSSR count). The van der Waals surface area contributed by atoms with Crippen LogP contribution in [0.15, 0.2) is 0 Å². The molecule has 2 heterocycles. The van der Waals surface area contributed by atoms with Crippen LogP contribution in [0.5, 0.6) is 0 Å². The summed E-state index contributed by atoms with van der Waals surface area (Å²) in [6.45, 7) is 3.01. The van der Waals surface area contributed by atoms with Gasteiger partial charge in [-0.05, 0) is 51.2 Å². The second-order valence-electron chi connectivity index (χ2n) is 4.59. The number of rotatable bonds is 2. The molecular weight excluding hydrogens is 179 g/mol. The van der Waals surface area contributed by atoms with E-state index in [1.807, 2.05) is 0 Å². The Morgan fingerprint density at radius 2 is 1.79 bits per heavy atom. The van der Waals surface area contributed by atoms with E-state index in [9.17, 15) is 4.39 Å². The lowest BCUT2D eigenvalue weighted by molar-refractivity contribution is 0.127. The van der Waals surface area contributed by atoms with Gasteiger partial charge in [-0.25, -0.2) is 4.39 Å². The summed E-state index contributed by atoms with van der Waals surface area (Å²) in [7, 11) is 0. The Morgan fingerprint density at radius 3 is 2.43 bits per heavy atom. The summed E-state index contributed by atoms with van der Waals surface area (Å²) >= 11 is 0. The van der Waals surface area contributed by atoms with Gasteiger partial charge in [-0.3, -0.25) is 0 Å². The predicted octanol–water partition coefficient (Wildman–Crippen LogP) is 1.47. The van der Waals surface area contributed by atoms with Gasteiger partial charge in [-0.1, -0.05) is 6.42 Å². The third-order valence-electron chi connectivity index (χ3n) is 3.57. The highest BCUT2D eigenvalue weighted by Gasteiger charge is 2.30. The van der Waals surface area contributed by atoms with E-state index >= 15 is 0 Å². The molecule has 0 aromatic heterocycles. The maximum atomic E-state index is 14.1. The molecule has 14 heavy (non-hydrogen) atoms. The van der Waals surface area contributed by atoms with Crippen LogP contribution in [0.2, 0.25) is 0 Å². The van der Waals surface area contributed by atoms with Crippen LogP contribution >= 0.6 is 0 Å². The van der Waals surface area contributed by atoms with Gasteiger partial charge in [0.25, 0.3) is 0 Å². The average Bonchev–Trinajstić information content (AvgIpc) is 2.30. The maximum absolute atomic E-state index is 14.1. The van der Waals surface area contributed by atoms with Crippen molar-refractivity contribution in [3.8, 4) is 0 Å². The number of nitrogens with one attached hydrogen (secondary N) is 2. The Bertz CT molecular complexity index is 145. The van der Waals surface area contributed by atoms with E-state index in [0.29, 0.717) is 5.92 Å². The molecule has 82 valence electrons. The largest absolute Gasteiger partial charge is 0.317 e. The highest BCUT2D eigenvalue weighted by atomic mass is 19.1. The summed E-state index contributed by atoms with van der Waals surface area (Å²) in [4.78, 5) is 0. The zero-order valence-electron chi connectivity index (χ0n) is 8.77.